The lowest BCUT2D eigenvalue weighted by atomic mass is 9.96. The average molecular weight is 250 g/mol. The summed E-state index contributed by atoms with van der Waals surface area (Å²) in [6.07, 6.45) is 1.82. The van der Waals surface area contributed by atoms with Crippen LogP contribution in [0, 0.1) is 0 Å². The number of fused-ring (bicyclic) bond motifs is 1. The first-order valence-electron chi connectivity index (χ1n) is 6.19. The number of benzene rings is 2. The number of nitrogens with one attached hydrogen (secondary N) is 1. The van der Waals surface area contributed by atoms with Crippen LogP contribution in [-0.2, 0) is 4.79 Å². The van der Waals surface area contributed by atoms with Gasteiger partial charge in [0, 0.05) is 11.3 Å². The maximum absolute atomic E-state index is 11.9. The average Bonchev–Trinajstić information content (AvgIpc) is 2.58. The van der Waals surface area contributed by atoms with E-state index in [9.17, 15) is 4.79 Å². The molecule has 3 heteroatoms. The van der Waals surface area contributed by atoms with E-state index in [4.69, 9.17) is 5.73 Å². The molecular weight excluding hydrogens is 236 g/mol. The number of para-hydroxylation sites is 1. The fraction of sp³-hybridized carbons (Fsp3) is 0.0625. The quantitative estimate of drug-likeness (QED) is 0.816. The van der Waals surface area contributed by atoms with Crippen molar-refractivity contribution in [3.05, 3.63) is 71.8 Å². The van der Waals surface area contributed by atoms with Gasteiger partial charge < -0.3 is 11.1 Å². The van der Waals surface area contributed by atoms with Crippen LogP contribution >= 0.6 is 0 Å². The summed E-state index contributed by atoms with van der Waals surface area (Å²) in [7, 11) is 0. The largest absolute Gasteiger partial charge is 0.324 e. The molecule has 1 heterocycles. The Balaban J connectivity index is 2.21. The minimum absolute atomic E-state index is 0.182. The Morgan fingerprint density at radius 3 is 2.42 bits per heavy atom. The fourth-order valence-electron chi connectivity index (χ4n) is 2.26. The fourth-order valence-corrected chi connectivity index (χ4v) is 2.26. The van der Waals surface area contributed by atoms with Crippen molar-refractivity contribution in [1.82, 2.24) is 0 Å². The molecule has 2 aromatic rings. The molecule has 0 aromatic heterocycles. The minimum Gasteiger partial charge on any atom is -0.324 e. The molecule has 1 amide bonds. The Kier molecular flexibility index (Phi) is 2.89. The van der Waals surface area contributed by atoms with Gasteiger partial charge in [0.2, 0.25) is 5.91 Å². The van der Waals surface area contributed by atoms with Crippen LogP contribution in [0.5, 0.6) is 0 Å². The molecule has 1 atom stereocenters. The van der Waals surface area contributed by atoms with E-state index in [2.05, 4.69) is 5.32 Å². The van der Waals surface area contributed by atoms with Gasteiger partial charge in [0.15, 0.2) is 0 Å². The molecule has 3 rings (SSSR count). The summed E-state index contributed by atoms with van der Waals surface area (Å²) < 4.78 is 0. The van der Waals surface area contributed by atoms with E-state index in [1.807, 2.05) is 60.7 Å². The Bertz CT molecular complexity index is 647. The molecular formula is C16H14N2O. The van der Waals surface area contributed by atoms with Gasteiger partial charge in [-0.3, -0.25) is 4.79 Å². The van der Waals surface area contributed by atoms with Gasteiger partial charge in [0.25, 0.3) is 0 Å². The normalized spacial score (nSPS) is 18.1. The smallest absolute Gasteiger partial charge is 0.245 e. The van der Waals surface area contributed by atoms with Crippen LogP contribution in [0.25, 0.3) is 5.57 Å². The van der Waals surface area contributed by atoms with Gasteiger partial charge in [-0.25, -0.2) is 0 Å². The van der Waals surface area contributed by atoms with Crippen LogP contribution in [-0.4, -0.2) is 11.9 Å². The molecule has 3 nitrogen and oxygen atoms in total. The van der Waals surface area contributed by atoms with E-state index < -0.39 is 6.04 Å². The van der Waals surface area contributed by atoms with Crippen molar-refractivity contribution in [2.24, 2.45) is 5.73 Å². The van der Waals surface area contributed by atoms with Crippen LogP contribution in [0.1, 0.15) is 11.1 Å². The van der Waals surface area contributed by atoms with E-state index in [-0.39, 0.29) is 5.91 Å². The first-order chi connectivity index (χ1) is 9.25. The van der Waals surface area contributed by atoms with Gasteiger partial charge in [-0.05, 0) is 23.3 Å². The van der Waals surface area contributed by atoms with Crippen molar-refractivity contribution >= 4 is 17.2 Å². The predicted octanol–water partition coefficient (Wildman–Crippen LogP) is 2.40. The van der Waals surface area contributed by atoms with Crippen molar-refractivity contribution in [2.45, 2.75) is 6.04 Å². The molecule has 3 N–H and O–H groups in total. The second-order valence-electron chi connectivity index (χ2n) is 4.51. The number of amides is 1. The number of carbonyl (C=O) groups is 1. The molecule has 0 fully saturated rings. The Labute approximate surface area is 111 Å². The van der Waals surface area contributed by atoms with E-state index in [0.717, 1.165) is 22.4 Å². The summed E-state index contributed by atoms with van der Waals surface area (Å²) in [4.78, 5) is 11.9. The number of rotatable bonds is 1. The second kappa shape index (κ2) is 4.71. The van der Waals surface area contributed by atoms with Crippen molar-refractivity contribution < 1.29 is 4.79 Å². The lowest BCUT2D eigenvalue weighted by molar-refractivity contribution is -0.116. The summed E-state index contributed by atoms with van der Waals surface area (Å²) >= 11 is 0. The maximum Gasteiger partial charge on any atom is 0.245 e. The molecule has 0 aliphatic carbocycles. The van der Waals surface area contributed by atoms with Gasteiger partial charge in [-0.2, -0.15) is 0 Å². The van der Waals surface area contributed by atoms with Gasteiger partial charge in [-0.15, -0.1) is 0 Å². The van der Waals surface area contributed by atoms with E-state index in [1.54, 1.807) is 0 Å². The Hall–Kier alpha value is -2.39. The summed E-state index contributed by atoms with van der Waals surface area (Å²) in [5, 5.41) is 2.86. The van der Waals surface area contributed by atoms with Gasteiger partial charge in [-0.1, -0.05) is 48.5 Å². The van der Waals surface area contributed by atoms with Crippen molar-refractivity contribution in [3.8, 4) is 0 Å². The zero-order valence-electron chi connectivity index (χ0n) is 10.3. The highest BCUT2D eigenvalue weighted by Crippen LogP contribution is 2.31. The first kappa shape index (κ1) is 11.7. The standard InChI is InChI=1S/C16H14N2O/c17-14-10-13(11-6-2-1-3-7-11)12-8-4-5-9-15(12)18-16(14)19/h1-10,14H,17H2,(H,18,19)/t14-/m0/s1. The molecule has 1 aliphatic heterocycles. The first-order valence-corrected chi connectivity index (χ1v) is 6.19. The van der Waals surface area contributed by atoms with Gasteiger partial charge in [0.05, 0.1) is 0 Å². The third-order valence-electron chi connectivity index (χ3n) is 3.21. The molecule has 19 heavy (non-hydrogen) atoms. The molecule has 0 spiro atoms. The van der Waals surface area contributed by atoms with Crippen LogP contribution in [0.4, 0.5) is 5.69 Å². The number of hydrogen-bond acceptors (Lipinski definition) is 2. The molecule has 0 unspecified atom stereocenters. The van der Waals surface area contributed by atoms with Crippen molar-refractivity contribution in [3.63, 3.8) is 0 Å². The summed E-state index contributed by atoms with van der Waals surface area (Å²) in [5.41, 5.74) is 9.74. The monoisotopic (exact) mass is 250 g/mol. The molecule has 0 radical (unpaired) electrons. The topological polar surface area (TPSA) is 55.1 Å². The van der Waals surface area contributed by atoms with Crippen LogP contribution < -0.4 is 11.1 Å². The summed E-state index contributed by atoms with van der Waals surface area (Å²) in [6.45, 7) is 0. The zero-order valence-corrected chi connectivity index (χ0v) is 10.3. The van der Waals surface area contributed by atoms with Crippen LogP contribution in [0.15, 0.2) is 60.7 Å². The van der Waals surface area contributed by atoms with Crippen LogP contribution in [0.3, 0.4) is 0 Å². The van der Waals surface area contributed by atoms with Gasteiger partial charge in [0.1, 0.15) is 6.04 Å². The third kappa shape index (κ3) is 2.16. The van der Waals surface area contributed by atoms with E-state index in [1.165, 1.54) is 0 Å². The van der Waals surface area contributed by atoms with E-state index >= 15 is 0 Å². The zero-order chi connectivity index (χ0) is 13.2. The Morgan fingerprint density at radius 2 is 1.63 bits per heavy atom. The van der Waals surface area contributed by atoms with Crippen molar-refractivity contribution in [2.75, 3.05) is 5.32 Å². The van der Waals surface area contributed by atoms with Crippen LogP contribution in [0.2, 0.25) is 0 Å². The summed E-state index contributed by atoms with van der Waals surface area (Å²) in [5.74, 6) is -0.182. The molecule has 2 aromatic carbocycles. The highest BCUT2D eigenvalue weighted by atomic mass is 16.2. The molecule has 0 bridgehead atoms. The second-order valence-corrected chi connectivity index (χ2v) is 4.51. The highest BCUT2D eigenvalue weighted by molar-refractivity contribution is 6.03. The lowest BCUT2D eigenvalue weighted by Crippen LogP contribution is -2.32. The molecule has 1 aliphatic rings. The van der Waals surface area contributed by atoms with Crippen molar-refractivity contribution in [1.29, 1.82) is 0 Å². The minimum atomic E-state index is -0.636. The maximum atomic E-state index is 11.9. The lowest BCUT2D eigenvalue weighted by Gasteiger charge is -2.10. The highest BCUT2D eigenvalue weighted by Gasteiger charge is 2.20. The number of carbonyl (C=O) groups excluding carboxylic acids is 1. The number of nitrogens with two attached hydrogens (primary N) is 1. The Morgan fingerprint density at radius 1 is 0.947 bits per heavy atom. The molecule has 0 saturated carbocycles. The van der Waals surface area contributed by atoms with E-state index in [0.29, 0.717) is 0 Å². The predicted molar refractivity (Wildman–Crippen MR) is 76.6 cm³/mol. The molecule has 94 valence electrons. The third-order valence-corrected chi connectivity index (χ3v) is 3.21. The van der Waals surface area contributed by atoms with Gasteiger partial charge >= 0.3 is 0 Å². The SMILES string of the molecule is N[C@H]1C=C(c2ccccc2)c2ccccc2NC1=O. The number of anilines is 1. The number of hydrogen-bond donors (Lipinski definition) is 2. The summed E-state index contributed by atoms with van der Waals surface area (Å²) in [6, 6.07) is 17.1. The molecule has 0 saturated heterocycles.